The van der Waals surface area contributed by atoms with Gasteiger partial charge in [0.05, 0.1) is 0 Å². The number of benzene rings is 1. The van der Waals surface area contributed by atoms with Crippen molar-refractivity contribution in [2.24, 2.45) is 0 Å². The van der Waals surface area contributed by atoms with E-state index in [2.05, 4.69) is 20.3 Å². The number of hydrogen-bond donors (Lipinski definition) is 1. The summed E-state index contributed by atoms with van der Waals surface area (Å²) in [6.45, 7) is 3.22. The van der Waals surface area contributed by atoms with Crippen LogP contribution >= 0.6 is 0 Å². The maximum absolute atomic E-state index is 12.9. The molecule has 0 saturated carbocycles. The third kappa shape index (κ3) is 3.35. The molecule has 0 amide bonds. The highest BCUT2D eigenvalue weighted by molar-refractivity contribution is 5.16. The zero-order valence-corrected chi connectivity index (χ0v) is 9.61. The number of nitrogens with one attached hydrogen (secondary N) is 1. The van der Waals surface area contributed by atoms with Crippen molar-refractivity contribution >= 4 is 0 Å². The maximum atomic E-state index is 12.9. The summed E-state index contributed by atoms with van der Waals surface area (Å²) in [5.74, 6) is -0.195. The molecule has 17 heavy (non-hydrogen) atoms. The Balaban J connectivity index is 1.75. The molecule has 0 spiro atoms. The Morgan fingerprint density at radius 1 is 1.35 bits per heavy atom. The van der Waals surface area contributed by atoms with Gasteiger partial charge in [0.2, 0.25) is 0 Å². The predicted molar refractivity (Wildman–Crippen MR) is 60.8 cm³/mol. The van der Waals surface area contributed by atoms with Crippen molar-refractivity contribution in [2.45, 2.75) is 19.9 Å². The molecule has 0 aliphatic heterocycles. The molecule has 4 nitrogen and oxygen atoms in total. The van der Waals surface area contributed by atoms with Crippen LogP contribution in [0.15, 0.2) is 28.9 Å². The van der Waals surface area contributed by atoms with E-state index in [-0.39, 0.29) is 5.82 Å². The fourth-order valence-electron chi connectivity index (χ4n) is 1.54. The first-order valence-corrected chi connectivity index (χ1v) is 5.49. The van der Waals surface area contributed by atoms with Crippen LogP contribution in [-0.2, 0) is 13.0 Å². The smallest absolute Gasteiger partial charge is 0.123 e. The average molecular weight is 235 g/mol. The van der Waals surface area contributed by atoms with E-state index in [1.54, 1.807) is 12.1 Å². The van der Waals surface area contributed by atoms with E-state index in [0.29, 0.717) is 6.54 Å². The van der Waals surface area contributed by atoms with E-state index in [1.807, 2.05) is 13.0 Å². The zero-order valence-electron chi connectivity index (χ0n) is 9.61. The van der Waals surface area contributed by atoms with Gasteiger partial charge in [0.15, 0.2) is 0 Å². The Hall–Kier alpha value is -1.75. The Morgan fingerprint density at radius 2 is 2.24 bits per heavy atom. The molecule has 1 aromatic heterocycles. The second kappa shape index (κ2) is 5.54. The van der Waals surface area contributed by atoms with Gasteiger partial charge in [-0.05, 0) is 37.6 Å². The molecule has 0 radical (unpaired) electrons. The summed E-state index contributed by atoms with van der Waals surface area (Å²) < 4.78 is 17.5. The second-order valence-corrected chi connectivity index (χ2v) is 3.85. The van der Waals surface area contributed by atoms with E-state index in [4.69, 9.17) is 0 Å². The fourth-order valence-corrected chi connectivity index (χ4v) is 1.54. The molecule has 90 valence electrons. The Bertz CT molecular complexity index is 484. The number of nitrogens with zero attached hydrogens (tertiary/aromatic N) is 2. The molecule has 5 heteroatoms. The number of aromatic nitrogens is 2. The van der Waals surface area contributed by atoms with Crippen molar-refractivity contribution in [2.75, 3.05) is 6.54 Å². The van der Waals surface area contributed by atoms with Crippen LogP contribution in [0.1, 0.15) is 17.0 Å². The lowest BCUT2D eigenvalue weighted by Gasteiger charge is -2.03. The van der Waals surface area contributed by atoms with Gasteiger partial charge in [-0.1, -0.05) is 22.4 Å². The monoisotopic (exact) mass is 235 g/mol. The highest BCUT2D eigenvalue weighted by Gasteiger charge is 2.03. The first-order chi connectivity index (χ1) is 8.25. The Labute approximate surface area is 98.8 Å². The van der Waals surface area contributed by atoms with Crippen LogP contribution < -0.4 is 5.32 Å². The van der Waals surface area contributed by atoms with Crippen LogP contribution in [0.4, 0.5) is 4.39 Å². The van der Waals surface area contributed by atoms with Crippen LogP contribution in [0.5, 0.6) is 0 Å². The fraction of sp³-hybridized carbons (Fsp3) is 0.333. The molecule has 1 aromatic carbocycles. The normalized spacial score (nSPS) is 10.7. The summed E-state index contributed by atoms with van der Waals surface area (Å²) in [7, 11) is 0. The highest BCUT2D eigenvalue weighted by Crippen LogP contribution is 2.04. The Morgan fingerprint density at radius 3 is 2.94 bits per heavy atom. The maximum Gasteiger partial charge on any atom is 0.123 e. The third-order valence-corrected chi connectivity index (χ3v) is 2.52. The van der Waals surface area contributed by atoms with Crippen LogP contribution in [0.3, 0.4) is 0 Å². The van der Waals surface area contributed by atoms with Gasteiger partial charge >= 0.3 is 0 Å². The molecule has 2 rings (SSSR count). The van der Waals surface area contributed by atoms with Gasteiger partial charge in [-0.2, -0.15) is 0 Å². The molecule has 1 N–H and O–H groups in total. The summed E-state index contributed by atoms with van der Waals surface area (Å²) in [6.07, 6.45) is 0.780. The highest BCUT2D eigenvalue weighted by atomic mass is 19.1. The minimum absolute atomic E-state index is 0.195. The summed E-state index contributed by atoms with van der Waals surface area (Å²) >= 11 is 0. The van der Waals surface area contributed by atoms with Crippen LogP contribution in [0.2, 0.25) is 0 Å². The van der Waals surface area contributed by atoms with Crippen molar-refractivity contribution in [3.63, 3.8) is 0 Å². The third-order valence-electron chi connectivity index (χ3n) is 2.52. The number of hydrogen-bond acceptors (Lipinski definition) is 4. The molecular formula is C12H14FN3O. The van der Waals surface area contributed by atoms with E-state index in [9.17, 15) is 4.39 Å². The number of aryl methyl sites for hydroxylation is 1. The number of rotatable bonds is 5. The number of halogens is 1. The summed E-state index contributed by atoms with van der Waals surface area (Å²) in [5, 5.41) is 10.7. The quantitative estimate of drug-likeness (QED) is 0.803. The second-order valence-electron chi connectivity index (χ2n) is 3.85. The molecule has 0 atom stereocenters. The molecule has 0 aliphatic rings. The van der Waals surface area contributed by atoms with E-state index >= 15 is 0 Å². The van der Waals surface area contributed by atoms with Gasteiger partial charge in [0, 0.05) is 6.54 Å². The first-order valence-electron chi connectivity index (χ1n) is 5.49. The van der Waals surface area contributed by atoms with Gasteiger partial charge < -0.3 is 5.32 Å². The minimum Gasteiger partial charge on any atom is -0.311 e. The largest absolute Gasteiger partial charge is 0.311 e. The average Bonchev–Trinajstić information content (AvgIpc) is 2.71. The van der Waals surface area contributed by atoms with E-state index < -0.39 is 0 Å². The molecule has 0 fully saturated rings. The van der Waals surface area contributed by atoms with Crippen molar-refractivity contribution in [1.82, 2.24) is 15.6 Å². The van der Waals surface area contributed by atoms with Crippen molar-refractivity contribution in [3.05, 3.63) is 47.0 Å². The van der Waals surface area contributed by atoms with Crippen molar-refractivity contribution in [3.8, 4) is 0 Å². The molecule has 0 bridgehead atoms. The van der Waals surface area contributed by atoms with Gasteiger partial charge in [-0.15, -0.1) is 0 Å². The Kier molecular flexibility index (Phi) is 3.82. The van der Waals surface area contributed by atoms with Crippen molar-refractivity contribution < 1.29 is 9.02 Å². The summed E-state index contributed by atoms with van der Waals surface area (Å²) in [4.78, 5) is 0. The topological polar surface area (TPSA) is 51.0 Å². The summed E-state index contributed by atoms with van der Waals surface area (Å²) in [6, 6.07) is 6.62. The van der Waals surface area contributed by atoms with Gasteiger partial charge in [0.25, 0.3) is 0 Å². The molecule has 0 saturated heterocycles. The zero-order chi connectivity index (χ0) is 12.1. The lowest BCUT2D eigenvalue weighted by molar-refractivity contribution is 0.300. The molecular weight excluding hydrogens is 221 g/mol. The van der Waals surface area contributed by atoms with Crippen molar-refractivity contribution in [1.29, 1.82) is 0 Å². The standard InChI is InChI=1S/C12H14FN3O/c1-9-12(16-17-15-9)8-14-6-5-10-3-2-4-11(13)7-10/h2-4,7,14H,5-6,8H2,1H3. The van der Waals surface area contributed by atoms with Gasteiger partial charge in [-0.3, -0.25) is 0 Å². The predicted octanol–water partition coefficient (Wildman–Crippen LogP) is 1.85. The molecule has 1 heterocycles. The lowest BCUT2D eigenvalue weighted by atomic mass is 10.1. The molecule has 0 aliphatic carbocycles. The van der Waals surface area contributed by atoms with Gasteiger partial charge in [0.1, 0.15) is 17.2 Å². The molecule has 0 unspecified atom stereocenters. The first kappa shape index (κ1) is 11.7. The minimum atomic E-state index is -0.195. The van der Waals surface area contributed by atoms with Crippen LogP contribution in [0.25, 0.3) is 0 Å². The van der Waals surface area contributed by atoms with Crippen LogP contribution in [-0.4, -0.2) is 16.9 Å². The molecule has 2 aromatic rings. The SMILES string of the molecule is Cc1nonc1CNCCc1cccc(F)c1. The van der Waals surface area contributed by atoms with E-state index in [0.717, 1.165) is 29.9 Å². The van der Waals surface area contributed by atoms with E-state index in [1.165, 1.54) is 6.07 Å². The summed E-state index contributed by atoms with van der Waals surface area (Å²) in [5.41, 5.74) is 2.58. The van der Waals surface area contributed by atoms with Crippen LogP contribution in [0, 0.1) is 12.7 Å². The van der Waals surface area contributed by atoms with Gasteiger partial charge in [-0.25, -0.2) is 9.02 Å². The lowest BCUT2D eigenvalue weighted by Crippen LogP contribution is -2.17.